The number of nitrogens with one attached hydrogen (secondary N) is 1. The molecule has 11 heteroatoms. The number of carbonyl (C=O) groups excluding carboxylic acids is 2. The standard InChI is InChI=1S/C74H121NO10/c1-4-7-10-13-16-19-22-25-27-29-31-33-34-35-37-39-41-44-47-50-53-56-59-62-69(79)85-72-71(81)70(80)68(63-76)84-74(72)83-64-65(66(77)60-57-54-51-48-45-42-24-21-18-15-12-9-6-3)75-73(82)67(78)61-58-55-52-49-46-43-40-38-36-32-30-28-26-23-20-17-14-11-8-5-2/h7-8,10-11,16-17,19-20,25-28,31-33,35-37,40,43,49,52,57,60,65-68,70-72,74,76-78,80-81H,4-6,9,12-15,18,21-24,29-30,34,38-39,41-42,44-48,50-51,53-56,58-59,61-64H2,1-3H3,(H,75,82)/b10-7-,11-8-,19-16-,20-17-,27-25-,28-26-,33-31-,36-32-,37-35-,43-40-,52-49-,60-57+. The van der Waals surface area contributed by atoms with Crippen LogP contribution in [0.4, 0.5) is 0 Å². The van der Waals surface area contributed by atoms with E-state index in [0.717, 1.165) is 141 Å². The number of ether oxygens (including phenoxy) is 3. The normalized spacial score (nSPS) is 19.4. The molecule has 1 rings (SSSR count). The lowest BCUT2D eigenvalue weighted by molar-refractivity contribution is -0.305. The highest BCUT2D eigenvalue weighted by atomic mass is 16.7. The van der Waals surface area contributed by atoms with Crippen molar-refractivity contribution >= 4 is 11.9 Å². The maximum atomic E-state index is 13.5. The molecule has 0 aliphatic carbocycles. The summed E-state index contributed by atoms with van der Waals surface area (Å²) in [7, 11) is 0. The maximum Gasteiger partial charge on any atom is 0.306 e. The van der Waals surface area contributed by atoms with Crippen LogP contribution in [0, 0.1) is 0 Å². The fourth-order valence-electron chi connectivity index (χ4n) is 9.51. The van der Waals surface area contributed by atoms with Crippen LogP contribution >= 0.6 is 0 Å². The number of unbranched alkanes of at least 4 members (excludes halogenated alkanes) is 19. The molecular formula is C74H121NO10. The fourth-order valence-corrected chi connectivity index (χ4v) is 9.51. The predicted octanol–water partition coefficient (Wildman–Crippen LogP) is 16.9. The van der Waals surface area contributed by atoms with Gasteiger partial charge in [0.25, 0.3) is 0 Å². The summed E-state index contributed by atoms with van der Waals surface area (Å²) in [4.78, 5) is 26.6. The topological polar surface area (TPSA) is 175 Å². The Labute approximate surface area is 517 Å². The van der Waals surface area contributed by atoms with Crippen LogP contribution in [0.3, 0.4) is 0 Å². The Hall–Kier alpha value is -4.46. The van der Waals surface area contributed by atoms with Crippen LogP contribution in [0.25, 0.3) is 0 Å². The second kappa shape index (κ2) is 59.9. The van der Waals surface area contributed by atoms with Gasteiger partial charge in [0.05, 0.1) is 25.4 Å². The number of carbonyl (C=O) groups is 2. The average Bonchev–Trinajstić information content (AvgIpc) is 3.12. The van der Waals surface area contributed by atoms with Gasteiger partial charge in [0.2, 0.25) is 5.91 Å². The first kappa shape index (κ1) is 78.6. The minimum atomic E-state index is -1.64. The minimum absolute atomic E-state index is 0.0961. The van der Waals surface area contributed by atoms with E-state index >= 15 is 0 Å². The molecule has 1 fully saturated rings. The van der Waals surface area contributed by atoms with Crippen LogP contribution in [-0.2, 0) is 23.8 Å². The van der Waals surface area contributed by atoms with Crippen molar-refractivity contribution in [2.75, 3.05) is 13.2 Å². The van der Waals surface area contributed by atoms with Crippen LogP contribution in [0.15, 0.2) is 146 Å². The van der Waals surface area contributed by atoms with Crippen LogP contribution < -0.4 is 5.32 Å². The number of hydrogen-bond donors (Lipinski definition) is 6. The zero-order chi connectivity index (χ0) is 61.7. The van der Waals surface area contributed by atoms with Crippen molar-refractivity contribution in [3.05, 3.63) is 146 Å². The first-order valence-corrected chi connectivity index (χ1v) is 33.6. The van der Waals surface area contributed by atoms with Crippen molar-refractivity contribution in [1.29, 1.82) is 0 Å². The molecule has 85 heavy (non-hydrogen) atoms. The van der Waals surface area contributed by atoms with Gasteiger partial charge in [-0.2, -0.15) is 0 Å². The second-order valence-corrected chi connectivity index (χ2v) is 22.4. The smallest absolute Gasteiger partial charge is 0.306 e. The van der Waals surface area contributed by atoms with E-state index in [0.29, 0.717) is 19.3 Å². The van der Waals surface area contributed by atoms with Crippen molar-refractivity contribution in [1.82, 2.24) is 5.32 Å². The van der Waals surface area contributed by atoms with Gasteiger partial charge in [-0.25, -0.2) is 0 Å². The number of esters is 1. The SMILES string of the molecule is CC/C=C\C/C=C\C/C=C\C/C=C\C/C=C\C/C=C\CCCC(O)C(=O)NC(COC1OC(CO)C(O)C(O)C1OC(=O)CCCCCCCCC/C=C\C/C=C\C/C=C\C/C=C\C/C=C\CC)C(O)/C=C/CCCCCCCCCCCCC. The molecule has 1 heterocycles. The molecule has 1 aliphatic rings. The number of rotatable bonds is 55. The summed E-state index contributed by atoms with van der Waals surface area (Å²) in [6.45, 7) is 5.53. The van der Waals surface area contributed by atoms with Gasteiger partial charge < -0.3 is 45.1 Å². The van der Waals surface area contributed by atoms with E-state index in [1.807, 2.05) is 12.2 Å². The van der Waals surface area contributed by atoms with E-state index in [9.17, 15) is 35.1 Å². The van der Waals surface area contributed by atoms with Gasteiger partial charge in [0.15, 0.2) is 12.4 Å². The Balaban J connectivity index is 2.69. The fraction of sp³-hybridized carbons (Fsp3) is 0.649. The van der Waals surface area contributed by atoms with Crippen LogP contribution in [0.2, 0.25) is 0 Å². The van der Waals surface area contributed by atoms with E-state index < -0.39 is 67.4 Å². The molecular weight excluding hydrogens is 1060 g/mol. The third kappa shape index (κ3) is 47.3. The van der Waals surface area contributed by atoms with E-state index in [1.165, 1.54) is 51.4 Å². The summed E-state index contributed by atoms with van der Waals surface area (Å²) in [6.07, 6.45) is 75.9. The molecule has 8 unspecified atom stereocenters. The van der Waals surface area contributed by atoms with Gasteiger partial charge in [-0.1, -0.05) is 263 Å². The van der Waals surface area contributed by atoms with Gasteiger partial charge in [0.1, 0.15) is 24.4 Å². The number of hydrogen-bond acceptors (Lipinski definition) is 10. The van der Waals surface area contributed by atoms with Gasteiger partial charge in [0, 0.05) is 6.42 Å². The maximum absolute atomic E-state index is 13.5. The largest absolute Gasteiger partial charge is 0.454 e. The van der Waals surface area contributed by atoms with E-state index in [1.54, 1.807) is 6.08 Å². The molecule has 6 N–H and O–H groups in total. The van der Waals surface area contributed by atoms with Crippen LogP contribution in [0.5, 0.6) is 0 Å². The predicted molar refractivity (Wildman–Crippen MR) is 356 cm³/mol. The number of aliphatic hydroxyl groups is 5. The number of amides is 1. The molecule has 1 amide bonds. The summed E-state index contributed by atoms with van der Waals surface area (Å²) in [5.41, 5.74) is 0. The molecule has 0 aromatic carbocycles. The van der Waals surface area contributed by atoms with E-state index in [2.05, 4.69) is 154 Å². The highest BCUT2D eigenvalue weighted by molar-refractivity contribution is 5.80. The van der Waals surface area contributed by atoms with Crippen LogP contribution in [-0.4, -0.2) is 99.6 Å². The molecule has 0 aromatic rings. The lowest BCUT2D eigenvalue weighted by Crippen LogP contribution is -2.61. The van der Waals surface area contributed by atoms with Crippen molar-refractivity contribution < 1.29 is 49.3 Å². The quantitative estimate of drug-likeness (QED) is 0.0195. The van der Waals surface area contributed by atoms with Crippen molar-refractivity contribution in [3.8, 4) is 0 Å². The molecule has 482 valence electrons. The average molecular weight is 1180 g/mol. The molecule has 1 saturated heterocycles. The molecule has 1 aliphatic heterocycles. The number of allylic oxidation sites excluding steroid dienone is 23. The van der Waals surface area contributed by atoms with E-state index in [4.69, 9.17) is 14.2 Å². The highest BCUT2D eigenvalue weighted by Gasteiger charge is 2.47. The van der Waals surface area contributed by atoms with Gasteiger partial charge >= 0.3 is 5.97 Å². The summed E-state index contributed by atoms with van der Waals surface area (Å²) in [5, 5.41) is 57.1. The molecule has 0 radical (unpaired) electrons. The first-order chi connectivity index (χ1) is 41.7. The zero-order valence-electron chi connectivity index (χ0n) is 53.4. The van der Waals surface area contributed by atoms with Gasteiger partial charge in [-0.15, -0.1) is 0 Å². The van der Waals surface area contributed by atoms with E-state index in [-0.39, 0.29) is 19.4 Å². The molecule has 0 spiro atoms. The molecule has 0 saturated carbocycles. The molecule has 8 atom stereocenters. The Bertz CT molecular complexity index is 1940. The molecule has 0 aromatic heterocycles. The van der Waals surface area contributed by atoms with Crippen LogP contribution in [0.1, 0.15) is 245 Å². The highest BCUT2D eigenvalue weighted by Crippen LogP contribution is 2.26. The third-order valence-electron chi connectivity index (χ3n) is 14.7. The molecule has 0 bridgehead atoms. The Morgan fingerprint density at radius 2 is 0.847 bits per heavy atom. The third-order valence-corrected chi connectivity index (χ3v) is 14.7. The van der Waals surface area contributed by atoms with Gasteiger partial charge in [-0.3, -0.25) is 9.59 Å². The monoisotopic (exact) mass is 1180 g/mol. The Morgan fingerprint density at radius 3 is 1.27 bits per heavy atom. The first-order valence-electron chi connectivity index (χ1n) is 33.6. The second-order valence-electron chi connectivity index (χ2n) is 22.4. The van der Waals surface area contributed by atoms with Gasteiger partial charge in [-0.05, 0) is 122 Å². The summed E-state index contributed by atoms with van der Waals surface area (Å²) >= 11 is 0. The summed E-state index contributed by atoms with van der Waals surface area (Å²) < 4.78 is 17.6. The minimum Gasteiger partial charge on any atom is -0.454 e. The van der Waals surface area contributed by atoms with Crippen molar-refractivity contribution in [2.24, 2.45) is 0 Å². The zero-order valence-corrected chi connectivity index (χ0v) is 53.4. The lowest BCUT2D eigenvalue weighted by atomic mass is 9.99. The number of aliphatic hydroxyl groups excluding tert-OH is 5. The van der Waals surface area contributed by atoms with Crippen molar-refractivity contribution in [2.45, 2.75) is 294 Å². The van der Waals surface area contributed by atoms with Crippen molar-refractivity contribution in [3.63, 3.8) is 0 Å². The Kier molecular flexibility index (Phi) is 55.3. The summed E-state index contributed by atoms with van der Waals surface area (Å²) in [5.74, 6) is -1.26. The summed E-state index contributed by atoms with van der Waals surface area (Å²) in [6, 6.07) is -1.06. The molecule has 11 nitrogen and oxygen atoms in total. The lowest BCUT2D eigenvalue weighted by Gasteiger charge is -2.41. The Morgan fingerprint density at radius 1 is 0.471 bits per heavy atom.